The number of rotatable bonds is 2. The Morgan fingerprint density at radius 3 is 2.50 bits per heavy atom. The van der Waals surface area contributed by atoms with Gasteiger partial charge in [0.2, 0.25) is 0 Å². The summed E-state index contributed by atoms with van der Waals surface area (Å²) in [6.07, 6.45) is 6.86. The van der Waals surface area contributed by atoms with Crippen molar-refractivity contribution in [2.45, 2.75) is 19.3 Å². The number of pyridine rings is 1. The van der Waals surface area contributed by atoms with Crippen molar-refractivity contribution in [3.63, 3.8) is 0 Å². The Balaban J connectivity index is 1.93. The van der Waals surface area contributed by atoms with Gasteiger partial charge in [0, 0.05) is 40.1 Å². The van der Waals surface area contributed by atoms with E-state index in [0.29, 0.717) is 10.0 Å². The van der Waals surface area contributed by atoms with E-state index in [0.717, 1.165) is 48.6 Å². The van der Waals surface area contributed by atoms with Crippen LogP contribution in [0.5, 0.6) is 0 Å². The topological polar surface area (TPSA) is 42.7 Å². The van der Waals surface area contributed by atoms with Gasteiger partial charge in [-0.1, -0.05) is 23.2 Å². The minimum absolute atomic E-state index is 0.598. The lowest BCUT2D eigenvalue weighted by Crippen LogP contribution is -2.07. The highest BCUT2D eigenvalue weighted by atomic mass is 35.5. The number of benzene rings is 1. The Bertz CT molecular complexity index is 854. The van der Waals surface area contributed by atoms with Gasteiger partial charge in [-0.2, -0.15) is 5.10 Å². The zero-order valence-corrected chi connectivity index (χ0v) is 14.5. The summed E-state index contributed by atoms with van der Waals surface area (Å²) < 4.78 is 1.91. The number of hydrogen-bond acceptors (Lipinski definition) is 3. The van der Waals surface area contributed by atoms with Crippen LogP contribution < -0.4 is 5.32 Å². The minimum atomic E-state index is 0.598. The molecule has 3 aromatic rings. The zero-order chi connectivity index (χ0) is 16.5. The second-order valence-corrected chi connectivity index (χ2v) is 6.71. The monoisotopic (exact) mass is 358 g/mol. The van der Waals surface area contributed by atoms with Crippen molar-refractivity contribution in [2.24, 2.45) is 0 Å². The molecule has 0 aliphatic carbocycles. The van der Waals surface area contributed by atoms with Crippen LogP contribution in [0.1, 0.15) is 18.4 Å². The maximum Gasteiger partial charge on any atom is 0.133 e. The third-order valence-corrected chi connectivity index (χ3v) is 4.61. The van der Waals surface area contributed by atoms with Crippen molar-refractivity contribution in [2.75, 3.05) is 11.9 Å². The van der Waals surface area contributed by atoms with E-state index in [-0.39, 0.29) is 0 Å². The summed E-state index contributed by atoms with van der Waals surface area (Å²) in [5.74, 6) is 1.03. The fourth-order valence-electron chi connectivity index (χ4n) is 3.09. The van der Waals surface area contributed by atoms with Crippen LogP contribution in [0.15, 0.2) is 42.7 Å². The first-order valence-corrected chi connectivity index (χ1v) is 8.70. The molecule has 0 unspecified atom stereocenters. The SMILES string of the molecule is Clc1cc(Cl)cc(-n2nc(-c3ccncc3)c3c2NCCCC3)c1. The van der Waals surface area contributed by atoms with Gasteiger partial charge in [0.1, 0.15) is 5.82 Å². The average Bonchev–Trinajstić information content (AvgIpc) is 2.76. The van der Waals surface area contributed by atoms with Gasteiger partial charge in [-0.05, 0) is 49.6 Å². The summed E-state index contributed by atoms with van der Waals surface area (Å²) in [5, 5.41) is 9.58. The Morgan fingerprint density at radius 2 is 1.75 bits per heavy atom. The van der Waals surface area contributed by atoms with E-state index in [1.165, 1.54) is 5.56 Å². The molecule has 4 nitrogen and oxygen atoms in total. The van der Waals surface area contributed by atoms with Crippen molar-refractivity contribution in [3.8, 4) is 16.9 Å². The summed E-state index contributed by atoms with van der Waals surface area (Å²) in [4.78, 5) is 4.10. The predicted molar refractivity (Wildman–Crippen MR) is 98.2 cm³/mol. The van der Waals surface area contributed by atoms with Gasteiger partial charge in [-0.15, -0.1) is 0 Å². The van der Waals surface area contributed by atoms with E-state index in [1.807, 2.05) is 28.9 Å². The number of nitrogens with one attached hydrogen (secondary N) is 1. The summed E-state index contributed by atoms with van der Waals surface area (Å²) >= 11 is 12.4. The lowest BCUT2D eigenvalue weighted by Gasteiger charge is -2.10. The molecule has 4 rings (SSSR count). The molecule has 122 valence electrons. The molecule has 6 heteroatoms. The number of anilines is 1. The van der Waals surface area contributed by atoms with Crippen LogP contribution in [-0.2, 0) is 6.42 Å². The molecule has 0 radical (unpaired) electrons. The fourth-order valence-corrected chi connectivity index (χ4v) is 3.61. The molecule has 1 aromatic carbocycles. The van der Waals surface area contributed by atoms with E-state index in [4.69, 9.17) is 28.3 Å². The first-order valence-electron chi connectivity index (χ1n) is 7.95. The number of fused-ring (bicyclic) bond motifs is 1. The highest BCUT2D eigenvalue weighted by Crippen LogP contribution is 2.34. The molecule has 1 N–H and O–H groups in total. The maximum atomic E-state index is 6.19. The molecule has 3 heterocycles. The van der Waals surface area contributed by atoms with Gasteiger partial charge in [0.05, 0.1) is 11.4 Å². The standard InChI is InChI=1S/C18H16Cl2N4/c19-13-9-14(20)11-15(10-13)24-18-16(3-1-2-6-22-18)17(23-24)12-4-7-21-8-5-12/h4-5,7-11,22H,1-3,6H2. The van der Waals surface area contributed by atoms with Gasteiger partial charge in [-0.3, -0.25) is 4.98 Å². The molecule has 2 aromatic heterocycles. The molecule has 0 saturated heterocycles. The Kier molecular flexibility index (Phi) is 4.17. The zero-order valence-electron chi connectivity index (χ0n) is 13.0. The summed E-state index contributed by atoms with van der Waals surface area (Å²) in [6, 6.07) is 9.46. The number of nitrogens with zero attached hydrogens (tertiary/aromatic N) is 3. The number of halogens is 2. The summed E-state index contributed by atoms with van der Waals surface area (Å²) in [7, 11) is 0. The third-order valence-electron chi connectivity index (χ3n) is 4.18. The van der Waals surface area contributed by atoms with Crippen molar-refractivity contribution in [3.05, 3.63) is 58.3 Å². The molecule has 0 fully saturated rings. The first-order chi connectivity index (χ1) is 11.7. The molecule has 0 spiro atoms. The minimum Gasteiger partial charge on any atom is -0.370 e. The van der Waals surface area contributed by atoms with Gasteiger partial charge >= 0.3 is 0 Å². The highest BCUT2D eigenvalue weighted by molar-refractivity contribution is 6.34. The molecule has 1 aliphatic heterocycles. The van der Waals surface area contributed by atoms with Crippen molar-refractivity contribution < 1.29 is 0 Å². The smallest absolute Gasteiger partial charge is 0.133 e. The molecule has 0 saturated carbocycles. The van der Waals surface area contributed by atoms with Gasteiger partial charge < -0.3 is 5.32 Å². The molecule has 0 atom stereocenters. The van der Waals surface area contributed by atoms with E-state index >= 15 is 0 Å². The lowest BCUT2D eigenvalue weighted by molar-refractivity contribution is 0.780. The number of aromatic nitrogens is 3. The molecule has 24 heavy (non-hydrogen) atoms. The maximum absolute atomic E-state index is 6.19. The van der Waals surface area contributed by atoms with Crippen LogP contribution in [0.3, 0.4) is 0 Å². The molecule has 0 bridgehead atoms. The van der Waals surface area contributed by atoms with Crippen LogP contribution >= 0.6 is 23.2 Å². The summed E-state index contributed by atoms with van der Waals surface area (Å²) in [6.45, 7) is 0.933. The average molecular weight is 359 g/mol. The van der Waals surface area contributed by atoms with Gasteiger partial charge in [0.15, 0.2) is 0 Å². The van der Waals surface area contributed by atoms with Crippen molar-refractivity contribution >= 4 is 29.0 Å². The Hall–Kier alpha value is -2.04. The summed E-state index contributed by atoms with van der Waals surface area (Å²) in [5.41, 5.74) is 4.14. The van der Waals surface area contributed by atoms with Gasteiger partial charge in [-0.25, -0.2) is 4.68 Å². The van der Waals surface area contributed by atoms with E-state index in [9.17, 15) is 0 Å². The quantitative estimate of drug-likeness (QED) is 0.701. The molecular formula is C18H16Cl2N4. The first kappa shape index (κ1) is 15.5. The van der Waals surface area contributed by atoms with E-state index in [1.54, 1.807) is 18.5 Å². The number of hydrogen-bond donors (Lipinski definition) is 1. The van der Waals surface area contributed by atoms with Crippen LogP contribution in [-0.4, -0.2) is 21.3 Å². The molecule has 1 aliphatic rings. The van der Waals surface area contributed by atoms with Crippen LogP contribution in [0.2, 0.25) is 10.0 Å². The van der Waals surface area contributed by atoms with Crippen LogP contribution in [0.25, 0.3) is 16.9 Å². The molecule has 0 amide bonds. The molecular weight excluding hydrogens is 343 g/mol. The lowest BCUT2D eigenvalue weighted by atomic mass is 10.0. The second-order valence-electron chi connectivity index (χ2n) is 5.83. The second kappa shape index (κ2) is 6.46. The Morgan fingerprint density at radius 1 is 1.00 bits per heavy atom. The fraction of sp³-hybridized carbons (Fsp3) is 0.222. The highest BCUT2D eigenvalue weighted by Gasteiger charge is 2.21. The largest absolute Gasteiger partial charge is 0.370 e. The van der Waals surface area contributed by atoms with Crippen LogP contribution in [0.4, 0.5) is 5.82 Å². The van der Waals surface area contributed by atoms with E-state index in [2.05, 4.69) is 10.3 Å². The van der Waals surface area contributed by atoms with Crippen molar-refractivity contribution in [1.29, 1.82) is 0 Å². The normalized spacial score (nSPS) is 13.9. The van der Waals surface area contributed by atoms with E-state index < -0.39 is 0 Å². The van der Waals surface area contributed by atoms with Gasteiger partial charge in [0.25, 0.3) is 0 Å². The van der Waals surface area contributed by atoms with Crippen molar-refractivity contribution in [1.82, 2.24) is 14.8 Å². The predicted octanol–water partition coefficient (Wildman–Crippen LogP) is 4.99. The van der Waals surface area contributed by atoms with Crippen LogP contribution in [0, 0.1) is 0 Å². The third kappa shape index (κ3) is 2.87. The Labute approximate surface area is 150 Å².